The molecule has 0 amide bonds. The minimum absolute atomic E-state index is 0.192. The van der Waals surface area contributed by atoms with E-state index in [1.807, 2.05) is 25.1 Å². The van der Waals surface area contributed by atoms with Gasteiger partial charge in [0.25, 0.3) is 0 Å². The van der Waals surface area contributed by atoms with Gasteiger partial charge in [0.2, 0.25) is 0 Å². The molecule has 1 aromatic rings. The van der Waals surface area contributed by atoms with Gasteiger partial charge in [0, 0.05) is 17.7 Å². The molecule has 0 fully saturated rings. The van der Waals surface area contributed by atoms with Crippen LogP contribution in [0.25, 0.3) is 0 Å². The number of rotatable bonds is 9. The molecule has 0 saturated heterocycles. The van der Waals surface area contributed by atoms with Crippen molar-refractivity contribution in [3.8, 4) is 11.5 Å². The predicted molar refractivity (Wildman–Crippen MR) is 86.1 cm³/mol. The van der Waals surface area contributed by atoms with Crippen LogP contribution in [0.5, 0.6) is 11.5 Å². The normalized spacial score (nSPS) is 15.3. The molecule has 1 aromatic carbocycles. The lowest BCUT2D eigenvalue weighted by Gasteiger charge is -2.24. The Morgan fingerprint density at radius 3 is 2.62 bits per heavy atom. The number of benzene rings is 1. The Morgan fingerprint density at radius 2 is 2.05 bits per heavy atom. The van der Waals surface area contributed by atoms with Gasteiger partial charge in [0.05, 0.1) is 12.7 Å². The molecule has 0 aliphatic rings. The fourth-order valence-corrected chi connectivity index (χ4v) is 1.93. The van der Waals surface area contributed by atoms with E-state index < -0.39 is 5.60 Å². The van der Waals surface area contributed by atoms with E-state index in [0.717, 1.165) is 30.0 Å². The molecule has 2 N–H and O–H groups in total. The van der Waals surface area contributed by atoms with Crippen molar-refractivity contribution in [1.29, 1.82) is 0 Å². The van der Waals surface area contributed by atoms with Crippen molar-refractivity contribution in [2.24, 2.45) is 0 Å². The van der Waals surface area contributed by atoms with Gasteiger partial charge in [-0.05, 0) is 39.3 Å². The van der Waals surface area contributed by atoms with Crippen LogP contribution in [0, 0.1) is 0 Å². The number of aliphatic hydroxyl groups is 1. The summed E-state index contributed by atoms with van der Waals surface area (Å²) in [7, 11) is 1.64. The number of nitrogens with one attached hydrogen (secondary N) is 1. The van der Waals surface area contributed by atoms with Gasteiger partial charge < -0.3 is 19.9 Å². The zero-order valence-corrected chi connectivity index (χ0v) is 13.9. The van der Waals surface area contributed by atoms with Crippen LogP contribution in [-0.4, -0.2) is 31.0 Å². The summed E-state index contributed by atoms with van der Waals surface area (Å²) in [5.74, 6) is 1.52. The third kappa shape index (κ3) is 5.56. The largest absolute Gasteiger partial charge is 0.497 e. The smallest absolute Gasteiger partial charge is 0.127 e. The van der Waals surface area contributed by atoms with E-state index in [0.29, 0.717) is 6.42 Å². The Morgan fingerprint density at radius 1 is 1.33 bits per heavy atom. The lowest BCUT2D eigenvalue weighted by atomic mass is 10.0. The van der Waals surface area contributed by atoms with Crippen molar-refractivity contribution in [2.75, 3.05) is 20.3 Å². The molecule has 0 aliphatic carbocycles. The van der Waals surface area contributed by atoms with Crippen LogP contribution in [0.15, 0.2) is 18.2 Å². The highest BCUT2D eigenvalue weighted by atomic mass is 16.5. The second-order valence-electron chi connectivity index (χ2n) is 5.72. The van der Waals surface area contributed by atoms with Gasteiger partial charge in [-0.3, -0.25) is 0 Å². The van der Waals surface area contributed by atoms with Gasteiger partial charge in [-0.2, -0.15) is 0 Å². The molecular formula is C17H29NO3. The van der Waals surface area contributed by atoms with E-state index >= 15 is 0 Å². The van der Waals surface area contributed by atoms with Gasteiger partial charge in [0.15, 0.2) is 0 Å². The highest BCUT2D eigenvalue weighted by molar-refractivity contribution is 5.42. The second kappa shape index (κ2) is 8.25. The number of methoxy groups -OCH3 is 1. The minimum atomic E-state index is -0.819. The molecule has 2 atom stereocenters. The first-order chi connectivity index (χ1) is 9.93. The molecule has 2 unspecified atom stereocenters. The Kier molecular flexibility index (Phi) is 6.99. The van der Waals surface area contributed by atoms with Gasteiger partial charge in [0.1, 0.15) is 18.1 Å². The van der Waals surface area contributed by atoms with E-state index in [9.17, 15) is 5.11 Å². The zero-order chi connectivity index (χ0) is 15.9. The molecule has 0 saturated carbocycles. The molecule has 0 aliphatic heterocycles. The summed E-state index contributed by atoms with van der Waals surface area (Å²) in [5, 5.41) is 13.6. The summed E-state index contributed by atoms with van der Waals surface area (Å²) in [4.78, 5) is 0. The predicted octanol–water partition coefficient (Wildman–Crippen LogP) is 3.30. The Hall–Kier alpha value is -1.26. The number of hydrogen-bond acceptors (Lipinski definition) is 4. The molecule has 21 heavy (non-hydrogen) atoms. The summed E-state index contributed by atoms with van der Waals surface area (Å²) in [5.41, 5.74) is 0.261. The molecule has 0 heterocycles. The fourth-order valence-electron chi connectivity index (χ4n) is 1.93. The molecule has 120 valence electrons. The summed E-state index contributed by atoms with van der Waals surface area (Å²) in [6.07, 6.45) is 1.73. The molecule has 0 bridgehead atoms. The maximum absolute atomic E-state index is 10.1. The third-order valence-electron chi connectivity index (χ3n) is 3.69. The average Bonchev–Trinajstić information content (AvgIpc) is 2.50. The van der Waals surface area contributed by atoms with E-state index in [4.69, 9.17) is 9.47 Å². The fraction of sp³-hybridized carbons (Fsp3) is 0.647. The van der Waals surface area contributed by atoms with Crippen LogP contribution in [0.4, 0.5) is 0 Å². The van der Waals surface area contributed by atoms with Gasteiger partial charge in [-0.25, -0.2) is 0 Å². The van der Waals surface area contributed by atoms with Crippen molar-refractivity contribution in [3.63, 3.8) is 0 Å². The molecule has 0 spiro atoms. The van der Waals surface area contributed by atoms with Gasteiger partial charge in [-0.15, -0.1) is 0 Å². The topological polar surface area (TPSA) is 50.7 Å². The van der Waals surface area contributed by atoms with Crippen molar-refractivity contribution >= 4 is 0 Å². The second-order valence-corrected chi connectivity index (χ2v) is 5.72. The molecular weight excluding hydrogens is 266 g/mol. The van der Waals surface area contributed by atoms with E-state index in [2.05, 4.69) is 19.2 Å². The summed E-state index contributed by atoms with van der Waals surface area (Å²) in [6, 6.07) is 6.02. The Bertz CT molecular complexity index is 432. The van der Waals surface area contributed by atoms with Gasteiger partial charge >= 0.3 is 0 Å². The maximum Gasteiger partial charge on any atom is 0.127 e. The van der Waals surface area contributed by atoms with Crippen molar-refractivity contribution in [3.05, 3.63) is 23.8 Å². The van der Waals surface area contributed by atoms with Crippen LogP contribution < -0.4 is 14.8 Å². The van der Waals surface area contributed by atoms with Crippen LogP contribution in [0.2, 0.25) is 0 Å². The third-order valence-corrected chi connectivity index (χ3v) is 3.69. The van der Waals surface area contributed by atoms with Crippen molar-refractivity contribution < 1.29 is 14.6 Å². The highest BCUT2D eigenvalue weighted by Crippen LogP contribution is 2.30. The van der Waals surface area contributed by atoms with E-state index in [1.165, 1.54) is 0 Å². The summed E-state index contributed by atoms with van der Waals surface area (Å²) in [6.45, 7) is 9.21. The Balaban J connectivity index is 2.91. The van der Waals surface area contributed by atoms with Gasteiger partial charge in [-0.1, -0.05) is 19.9 Å². The van der Waals surface area contributed by atoms with Crippen molar-refractivity contribution in [1.82, 2.24) is 5.32 Å². The first-order valence-corrected chi connectivity index (χ1v) is 7.70. The minimum Gasteiger partial charge on any atom is -0.497 e. The summed E-state index contributed by atoms with van der Waals surface area (Å²) < 4.78 is 11.1. The van der Waals surface area contributed by atoms with E-state index in [-0.39, 0.29) is 12.6 Å². The quantitative estimate of drug-likeness (QED) is 0.734. The molecule has 0 radical (unpaired) electrons. The monoisotopic (exact) mass is 295 g/mol. The molecule has 4 heteroatoms. The van der Waals surface area contributed by atoms with Crippen LogP contribution >= 0.6 is 0 Å². The summed E-state index contributed by atoms with van der Waals surface area (Å²) >= 11 is 0. The molecule has 4 nitrogen and oxygen atoms in total. The lowest BCUT2D eigenvalue weighted by Crippen LogP contribution is -2.31. The van der Waals surface area contributed by atoms with E-state index in [1.54, 1.807) is 14.0 Å². The first kappa shape index (κ1) is 17.8. The van der Waals surface area contributed by atoms with Crippen LogP contribution in [0.1, 0.15) is 52.1 Å². The van der Waals surface area contributed by atoms with Crippen LogP contribution in [0.3, 0.4) is 0 Å². The number of ether oxygens (including phenoxy) is 2. The Labute approximate surface area is 128 Å². The SMILES string of the molecule is CCCNC(C)c1ccc(OC)cc1OCC(C)(O)CC. The molecule has 0 aromatic heterocycles. The average molecular weight is 295 g/mol. The molecule has 1 rings (SSSR count). The first-order valence-electron chi connectivity index (χ1n) is 7.70. The van der Waals surface area contributed by atoms with Crippen molar-refractivity contribution in [2.45, 2.75) is 52.2 Å². The highest BCUT2D eigenvalue weighted by Gasteiger charge is 2.20. The maximum atomic E-state index is 10.1. The lowest BCUT2D eigenvalue weighted by molar-refractivity contribution is 0.00798. The zero-order valence-electron chi connectivity index (χ0n) is 13.9. The standard InChI is InChI=1S/C17H29NO3/c1-6-10-18-13(3)15-9-8-14(20-5)11-16(15)21-12-17(4,19)7-2/h8-9,11,13,18-19H,6-7,10,12H2,1-5H3. The number of hydrogen-bond donors (Lipinski definition) is 2. The van der Waals surface area contributed by atoms with Crippen LogP contribution in [-0.2, 0) is 0 Å².